The average molecular weight is 366 g/mol. The Kier molecular flexibility index (Phi) is 5.32. The second-order valence-electron chi connectivity index (χ2n) is 5.71. The summed E-state index contributed by atoms with van der Waals surface area (Å²) in [5.41, 5.74) is -0.139. The summed E-state index contributed by atoms with van der Waals surface area (Å²) in [7, 11) is 0. The molecule has 2 N–H and O–H groups in total. The van der Waals surface area contributed by atoms with Crippen molar-refractivity contribution in [1.82, 2.24) is 5.32 Å². The number of fused-ring (bicyclic) bond motifs is 1. The Balaban J connectivity index is 1.46. The molecule has 0 aliphatic carbocycles. The minimum atomic E-state index is -4.51. The van der Waals surface area contributed by atoms with Gasteiger partial charge in [0.05, 0.1) is 11.3 Å². The number of carbonyl (C=O) groups is 1. The molecule has 0 radical (unpaired) electrons. The third-order valence-corrected chi connectivity index (χ3v) is 3.80. The molecule has 2 aromatic carbocycles. The number of anilines is 1. The molecule has 1 amide bonds. The summed E-state index contributed by atoms with van der Waals surface area (Å²) in [6.07, 6.45) is -4.46. The molecular formula is C18H17F3N2O3. The smallest absolute Gasteiger partial charge is 0.418 e. The number of carbonyl (C=O) groups excluding carboxylic acids is 1. The molecule has 1 aliphatic rings. The zero-order chi connectivity index (χ0) is 18.6. The number of amides is 1. The van der Waals surface area contributed by atoms with Gasteiger partial charge in [0, 0.05) is 19.5 Å². The van der Waals surface area contributed by atoms with Crippen molar-refractivity contribution in [2.24, 2.45) is 0 Å². The molecule has 138 valence electrons. The number of para-hydroxylation sites is 1. The van der Waals surface area contributed by atoms with Crippen LogP contribution in [0, 0.1) is 0 Å². The van der Waals surface area contributed by atoms with E-state index in [9.17, 15) is 18.0 Å². The first kappa shape index (κ1) is 18.1. The van der Waals surface area contributed by atoms with Crippen LogP contribution in [0.5, 0.6) is 11.5 Å². The molecule has 0 unspecified atom stereocenters. The van der Waals surface area contributed by atoms with Crippen LogP contribution in [0.15, 0.2) is 42.5 Å². The fourth-order valence-electron chi connectivity index (χ4n) is 2.54. The van der Waals surface area contributed by atoms with E-state index in [4.69, 9.17) is 9.47 Å². The van der Waals surface area contributed by atoms with Crippen molar-refractivity contribution < 1.29 is 27.4 Å². The summed E-state index contributed by atoms with van der Waals surface area (Å²) in [6.45, 7) is 1.03. The predicted molar refractivity (Wildman–Crippen MR) is 89.0 cm³/mol. The van der Waals surface area contributed by atoms with Crippen molar-refractivity contribution in [3.8, 4) is 11.5 Å². The molecule has 0 saturated carbocycles. The molecule has 0 atom stereocenters. The maximum atomic E-state index is 12.9. The number of benzene rings is 2. The van der Waals surface area contributed by atoms with Gasteiger partial charge in [-0.2, -0.15) is 13.2 Å². The number of rotatable bonds is 6. The van der Waals surface area contributed by atoms with Crippen LogP contribution in [0.1, 0.15) is 17.5 Å². The zero-order valence-electron chi connectivity index (χ0n) is 13.7. The summed E-state index contributed by atoms with van der Waals surface area (Å²) in [5, 5.41) is 5.39. The third kappa shape index (κ3) is 4.45. The fourth-order valence-corrected chi connectivity index (χ4v) is 2.54. The highest BCUT2D eigenvalue weighted by Gasteiger charge is 2.33. The zero-order valence-corrected chi connectivity index (χ0v) is 13.7. The lowest BCUT2D eigenvalue weighted by molar-refractivity contribution is -0.137. The number of alkyl halides is 3. The number of ether oxygens (including phenoxy) is 2. The Labute approximate surface area is 148 Å². The summed E-state index contributed by atoms with van der Waals surface area (Å²) in [4.78, 5) is 11.9. The van der Waals surface area contributed by atoms with Gasteiger partial charge in [-0.1, -0.05) is 18.2 Å². The van der Waals surface area contributed by atoms with Gasteiger partial charge in [-0.3, -0.25) is 4.79 Å². The first-order valence-corrected chi connectivity index (χ1v) is 7.99. The van der Waals surface area contributed by atoms with Crippen LogP contribution < -0.4 is 20.1 Å². The van der Waals surface area contributed by atoms with Gasteiger partial charge in [-0.25, -0.2) is 0 Å². The third-order valence-electron chi connectivity index (χ3n) is 3.80. The lowest BCUT2D eigenvalue weighted by Crippen LogP contribution is -2.22. The van der Waals surface area contributed by atoms with Gasteiger partial charge in [0.25, 0.3) is 0 Å². The molecule has 3 rings (SSSR count). The van der Waals surface area contributed by atoms with Gasteiger partial charge >= 0.3 is 6.18 Å². The molecule has 1 heterocycles. The van der Waals surface area contributed by atoms with Crippen molar-refractivity contribution in [1.29, 1.82) is 0 Å². The minimum Gasteiger partial charge on any atom is -0.454 e. The maximum Gasteiger partial charge on any atom is 0.418 e. The molecule has 5 nitrogen and oxygen atoms in total. The summed E-state index contributed by atoms with van der Waals surface area (Å²) in [5.74, 6) is 0.877. The summed E-state index contributed by atoms with van der Waals surface area (Å²) in [6, 6.07) is 10.4. The summed E-state index contributed by atoms with van der Waals surface area (Å²) >= 11 is 0. The first-order valence-electron chi connectivity index (χ1n) is 7.99. The molecule has 0 bridgehead atoms. The van der Waals surface area contributed by atoms with Gasteiger partial charge < -0.3 is 20.1 Å². The van der Waals surface area contributed by atoms with Crippen LogP contribution in [0.25, 0.3) is 0 Å². The maximum absolute atomic E-state index is 12.9. The van der Waals surface area contributed by atoms with E-state index in [1.165, 1.54) is 18.2 Å². The SMILES string of the molecule is O=C(CCNCc1ccc2c(c1)OCO2)Nc1ccccc1C(F)(F)F. The normalized spacial score (nSPS) is 12.9. The van der Waals surface area contributed by atoms with Gasteiger partial charge in [0.2, 0.25) is 12.7 Å². The van der Waals surface area contributed by atoms with Crippen molar-refractivity contribution in [2.45, 2.75) is 19.1 Å². The fraction of sp³-hybridized carbons (Fsp3) is 0.278. The van der Waals surface area contributed by atoms with E-state index in [0.29, 0.717) is 24.6 Å². The highest BCUT2D eigenvalue weighted by Crippen LogP contribution is 2.34. The quantitative estimate of drug-likeness (QED) is 0.768. The molecule has 0 saturated heterocycles. The lowest BCUT2D eigenvalue weighted by Gasteiger charge is -2.13. The van der Waals surface area contributed by atoms with Crippen LogP contribution in [0.3, 0.4) is 0 Å². The van der Waals surface area contributed by atoms with E-state index in [1.54, 1.807) is 6.07 Å². The topological polar surface area (TPSA) is 59.6 Å². The Morgan fingerprint density at radius 1 is 1.08 bits per heavy atom. The minimum absolute atomic E-state index is 0.0523. The van der Waals surface area contributed by atoms with Crippen LogP contribution in [0.2, 0.25) is 0 Å². The molecule has 1 aliphatic heterocycles. The Morgan fingerprint density at radius 2 is 1.85 bits per heavy atom. The van der Waals surface area contributed by atoms with E-state index in [0.717, 1.165) is 11.6 Å². The van der Waals surface area contributed by atoms with E-state index in [1.807, 2.05) is 12.1 Å². The van der Waals surface area contributed by atoms with Crippen LogP contribution >= 0.6 is 0 Å². The number of halogens is 3. The van der Waals surface area contributed by atoms with E-state index in [2.05, 4.69) is 10.6 Å². The van der Waals surface area contributed by atoms with E-state index >= 15 is 0 Å². The molecule has 0 fully saturated rings. The van der Waals surface area contributed by atoms with Gasteiger partial charge in [0.1, 0.15) is 0 Å². The van der Waals surface area contributed by atoms with Gasteiger partial charge in [-0.15, -0.1) is 0 Å². The van der Waals surface area contributed by atoms with E-state index < -0.39 is 17.6 Å². The van der Waals surface area contributed by atoms with Crippen molar-refractivity contribution in [3.05, 3.63) is 53.6 Å². The van der Waals surface area contributed by atoms with Crippen molar-refractivity contribution in [3.63, 3.8) is 0 Å². The monoisotopic (exact) mass is 366 g/mol. The largest absolute Gasteiger partial charge is 0.454 e. The van der Waals surface area contributed by atoms with Crippen LogP contribution in [0.4, 0.5) is 18.9 Å². The highest BCUT2D eigenvalue weighted by molar-refractivity contribution is 5.91. The number of hydrogen-bond acceptors (Lipinski definition) is 4. The van der Waals surface area contributed by atoms with Crippen LogP contribution in [-0.4, -0.2) is 19.2 Å². The highest BCUT2D eigenvalue weighted by atomic mass is 19.4. The molecule has 0 spiro atoms. The Morgan fingerprint density at radius 3 is 2.65 bits per heavy atom. The predicted octanol–water partition coefficient (Wildman–Crippen LogP) is 3.55. The van der Waals surface area contributed by atoms with E-state index in [-0.39, 0.29) is 18.9 Å². The van der Waals surface area contributed by atoms with Crippen molar-refractivity contribution >= 4 is 11.6 Å². The second-order valence-corrected chi connectivity index (χ2v) is 5.71. The van der Waals surface area contributed by atoms with Crippen molar-refractivity contribution in [2.75, 3.05) is 18.7 Å². The summed E-state index contributed by atoms with van der Waals surface area (Å²) < 4.78 is 49.2. The molecule has 0 aromatic heterocycles. The first-order chi connectivity index (χ1) is 12.4. The Bertz CT molecular complexity index is 793. The second kappa shape index (κ2) is 7.65. The molecular weight excluding hydrogens is 349 g/mol. The average Bonchev–Trinajstić information content (AvgIpc) is 3.06. The lowest BCUT2D eigenvalue weighted by atomic mass is 10.1. The van der Waals surface area contributed by atoms with Crippen LogP contribution in [-0.2, 0) is 17.5 Å². The standard InChI is InChI=1S/C18H17F3N2O3/c19-18(20,21)13-3-1-2-4-14(13)23-17(24)7-8-22-10-12-5-6-15-16(9-12)26-11-25-15/h1-6,9,22H,7-8,10-11H2,(H,23,24). The molecule has 2 aromatic rings. The Hall–Kier alpha value is -2.74. The molecule has 8 heteroatoms. The van der Waals surface area contributed by atoms with Gasteiger partial charge in [-0.05, 0) is 29.8 Å². The number of nitrogens with one attached hydrogen (secondary N) is 2. The number of hydrogen-bond donors (Lipinski definition) is 2. The van der Waals surface area contributed by atoms with Gasteiger partial charge in [0.15, 0.2) is 11.5 Å². The molecule has 26 heavy (non-hydrogen) atoms.